The monoisotopic (exact) mass is 310 g/mol. The second kappa shape index (κ2) is 7.20. The van der Waals surface area contributed by atoms with E-state index >= 15 is 0 Å². The number of hydrogen-bond acceptors (Lipinski definition) is 7. The predicted molar refractivity (Wildman–Crippen MR) is 79.2 cm³/mol. The minimum Gasteiger partial charge on any atom is -0.481 e. The average Bonchev–Trinajstić information content (AvgIpc) is 2.92. The Morgan fingerprint density at radius 3 is 2.95 bits per heavy atom. The number of carboxylic acids is 1. The zero-order valence-electron chi connectivity index (χ0n) is 10.9. The third-order valence-electron chi connectivity index (χ3n) is 2.45. The molecule has 2 aromatic heterocycles. The lowest BCUT2D eigenvalue weighted by Gasteiger charge is -2.18. The molecule has 20 heavy (non-hydrogen) atoms. The molecule has 0 saturated carbocycles. The molecule has 0 atom stereocenters. The molecule has 0 bridgehead atoms. The zero-order chi connectivity index (χ0) is 14.4. The van der Waals surface area contributed by atoms with Gasteiger partial charge in [0.1, 0.15) is 0 Å². The number of rotatable bonds is 7. The molecule has 0 spiro atoms. The van der Waals surface area contributed by atoms with Gasteiger partial charge in [0.05, 0.1) is 18.0 Å². The van der Waals surface area contributed by atoms with Gasteiger partial charge in [0.25, 0.3) is 0 Å². The number of thioether (sulfide) groups is 1. The van der Waals surface area contributed by atoms with Gasteiger partial charge in [-0.25, -0.2) is 0 Å². The molecule has 0 fully saturated rings. The minimum absolute atomic E-state index is 0.000991. The van der Waals surface area contributed by atoms with E-state index in [9.17, 15) is 4.79 Å². The first-order chi connectivity index (χ1) is 9.69. The van der Waals surface area contributed by atoms with Crippen molar-refractivity contribution in [1.82, 2.24) is 15.2 Å². The molecule has 0 aliphatic heterocycles. The van der Waals surface area contributed by atoms with Crippen molar-refractivity contribution < 1.29 is 9.90 Å². The van der Waals surface area contributed by atoms with Crippen LogP contribution in [-0.4, -0.2) is 38.6 Å². The molecule has 2 rings (SSSR count). The Bertz CT molecular complexity index is 562. The molecule has 2 aromatic rings. The molecule has 0 amide bonds. The van der Waals surface area contributed by atoms with Crippen LogP contribution in [0.15, 0.2) is 28.7 Å². The maximum Gasteiger partial charge on any atom is 0.313 e. The number of nitrogens with zero attached hydrogens (tertiary/aromatic N) is 4. The summed E-state index contributed by atoms with van der Waals surface area (Å²) in [4.78, 5) is 16.9. The molecule has 8 heteroatoms. The number of aromatic nitrogens is 3. The first-order valence-corrected chi connectivity index (χ1v) is 7.82. The van der Waals surface area contributed by atoms with Gasteiger partial charge in [-0.1, -0.05) is 29.2 Å². The molecule has 0 saturated heterocycles. The zero-order valence-corrected chi connectivity index (χ0v) is 12.5. The van der Waals surface area contributed by atoms with E-state index in [1.54, 1.807) is 6.20 Å². The number of hydrogen-bond donors (Lipinski definition) is 1. The first-order valence-electron chi connectivity index (χ1n) is 6.02. The Morgan fingerprint density at radius 1 is 1.45 bits per heavy atom. The second-order valence-corrected chi connectivity index (χ2v) is 6.05. The lowest BCUT2D eigenvalue weighted by molar-refractivity contribution is -0.133. The summed E-state index contributed by atoms with van der Waals surface area (Å²) >= 11 is 2.59. The Labute approximate surface area is 124 Å². The summed E-state index contributed by atoms with van der Waals surface area (Å²) in [6.45, 7) is 3.48. The van der Waals surface area contributed by atoms with Crippen molar-refractivity contribution >= 4 is 34.2 Å². The maximum absolute atomic E-state index is 10.5. The van der Waals surface area contributed by atoms with Gasteiger partial charge in [0.2, 0.25) is 5.13 Å². The average molecular weight is 310 g/mol. The van der Waals surface area contributed by atoms with Crippen molar-refractivity contribution in [2.75, 3.05) is 17.2 Å². The van der Waals surface area contributed by atoms with Crippen molar-refractivity contribution in [3.63, 3.8) is 0 Å². The van der Waals surface area contributed by atoms with Crippen LogP contribution < -0.4 is 4.90 Å². The summed E-state index contributed by atoms with van der Waals surface area (Å²) in [5, 5.41) is 17.6. The van der Waals surface area contributed by atoms with Crippen molar-refractivity contribution in [3.8, 4) is 0 Å². The standard InChI is InChI=1S/C12H14N4O2S2/c1-2-16(7-9-5-3-4-6-13-9)11-14-15-12(20-11)19-8-10(17)18/h3-6H,2,7-8H2,1H3,(H,17,18). The van der Waals surface area contributed by atoms with E-state index in [0.717, 1.165) is 17.4 Å². The Kier molecular flexibility index (Phi) is 5.31. The Morgan fingerprint density at radius 2 is 2.30 bits per heavy atom. The van der Waals surface area contributed by atoms with Crippen LogP contribution in [-0.2, 0) is 11.3 Å². The third-order valence-corrected chi connectivity index (χ3v) is 4.55. The predicted octanol–water partition coefficient (Wildman–Crippen LogP) is 2.14. The van der Waals surface area contributed by atoms with E-state index in [0.29, 0.717) is 10.9 Å². The van der Waals surface area contributed by atoms with Crippen LogP contribution in [0.3, 0.4) is 0 Å². The molecule has 1 N–H and O–H groups in total. The highest BCUT2D eigenvalue weighted by Gasteiger charge is 2.13. The molecule has 0 aromatic carbocycles. The number of pyridine rings is 1. The number of aliphatic carboxylic acids is 1. The molecular weight excluding hydrogens is 296 g/mol. The van der Waals surface area contributed by atoms with Crippen LogP contribution in [0.1, 0.15) is 12.6 Å². The SMILES string of the molecule is CCN(Cc1ccccn1)c1nnc(SCC(=O)O)s1. The largest absolute Gasteiger partial charge is 0.481 e. The maximum atomic E-state index is 10.5. The third kappa shape index (κ3) is 4.17. The highest BCUT2D eigenvalue weighted by molar-refractivity contribution is 8.01. The summed E-state index contributed by atoms with van der Waals surface area (Å²) < 4.78 is 0.668. The van der Waals surface area contributed by atoms with Crippen molar-refractivity contribution in [3.05, 3.63) is 30.1 Å². The van der Waals surface area contributed by atoms with Gasteiger partial charge >= 0.3 is 5.97 Å². The molecular formula is C12H14N4O2S2. The van der Waals surface area contributed by atoms with Crippen LogP contribution in [0.5, 0.6) is 0 Å². The molecule has 0 radical (unpaired) electrons. The number of carboxylic acid groups (broad SMARTS) is 1. The van der Waals surface area contributed by atoms with Crippen molar-refractivity contribution in [1.29, 1.82) is 0 Å². The molecule has 2 heterocycles. The van der Waals surface area contributed by atoms with Crippen molar-refractivity contribution in [2.24, 2.45) is 0 Å². The van der Waals surface area contributed by atoms with E-state index in [2.05, 4.69) is 20.1 Å². The molecule has 6 nitrogen and oxygen atoms in total. The van der Waals surface area contributed by atoms with E-state index in [4.69, 9.17) is 5.11 Å². The van der Waals surface area contributed by atoms with Crippen molar-refractivity contribution in [2.45, 2.75) is 17.8 Å². The lowest BCUT2D eigenvalue weighted by atomic mass is 10.3. The first kappa shape index (κ1) is 14.7. The smallest absolute Gasteiger partial charge is 0.313 e. The second-order valence-electron chi connectivity index (χ2n) is 3.87. The topological polar surface area (TPSA) is 79.2 Å². The Balaban J connectivity index is 2.02. The molecule has 0 unspecified atom stereocenters. The summed E-state index contributed by atoms with van der Waals surface area (Å²) in [6, 6.07) is 5.79. The fourth-order valence-electron chi connectivity index (χ4n) is 1.51. The van der Waals surface area contributed by atoms with Gasteiger partial charge in [-0.3, -0.25) is 9.78 Å². The lowest BCUT2D eigenvalue weighted by Crippen LogP contribution is -2.22. The van der Waals surface area contributed by atoms with E-state index in [1.807, 2.05) is 25.1 Å². The normalized spacial score (nSPS) is 10.4. The fraction of sp³-hybridized carbons (Fsp3) is 0.333. The summed E-state index contributed by atoms with van der Waals surface area (Å²) in [5.41, 5.74) is 0.962. The van der Waals surface area contributed by atoms with Crippen LogP contribution in [0.25, 0.3) is 0 Å². The van der Waals surface area contributed by atoms with E-state index in [-0.39, 0.29) is 5.75 Å². The van der Waals surface area contributed by atoms with Gasteiger partial charge in [-0.15, -0.1) is 10.2 Å². The minimum atomic E-state index is -0.854. The van der Waals surface area contributed by atoms with Gasteiger partial charge in [0.15, 0.2) is 4.34 Å². The summed E-state index contributed by atoms with van der Waals surface area (Å²) in [5.74, 6) is -0.853. The number of carbonyl (C=O) groups is 1. The van der Waals surface area contributed by atoms with Crippen LogP contribution in [0.4, 0.5) is 5.13 Å². The Hall–Kier alpha value is -1.67. The fourth-order valence-corrected chi connectivity index (χ4v) is 3.14. The van der Waals surface area contributed by atoms with Gasteiger partial charge in [-0.05, 0) is 19.1 Å². The number of anilines is 1. The van der Waals surface area contributed by atoms with Gasteiger partial charge in [0, 0.05) is 12.7 Å². The van der Waals surface area contributed by atoms with Gasteiger partial charge in [-0.2, -0.15) is 0 Å². The van der Waals surface area contributed by atoms with Crippen LogP contribution >= 0.6 is 23.1 Å². The van der Waals surface area contributed by atoms with Crippen LogP contribution in [0.2, 0.25) is 0 Å². The van der Waals surface area contributed by atoms with E-state index in [1.165, 1.54) is 23.1 Å². The molecule has 0 aliphatic rings. The van der Waals surface area contributed by atoms with Gasteiger partial charge < -0.3 is 10.0 Å². The summed E-state index contributed by atoms with van der Waals surface area (Å²) in [7, 11) is 0. The quantitative estimate of drug-likeness (QED) is 0.785. The molecule has 0 aliphatic carbocycles. The highest BCUT2D eigenvalue weighted by atomic mass is 32.2. The highest BCUT2D eigenvalue weighted by Crippen LogP contribution is 2.28. The molecule has 106 valence electrons. The summed E-state index contributed by atoms with van der Waals surface area (Å²) in [6.07, 6.45) is 1.76. The van der Waals surface area contributed by atoms with Crippen LogP contribution in [0, 0.1) is 0 Å². The van der Waals surface area contributed by atoms with E-state index < -0.39 is 5.97 Å².